The second kappa shape index (κ2) is 6.62. The van der Waals surface area contributed by atoms with Crippen molar-refractivity contribution in [1.29, 1.82) is 0 Å². The summed E-state index contributed by atoms with van der Waals surface area (Å²) >= 11 is 1.52. The van der Waals surface area contributed by atoms with Crippen molar-refractivity contribution in [3.63, 3.8) is 0 Å². The summed E-state index contributed by atoms with van der Waals surface area (Å²) < 4.78 is 5.20. The van der Waals surface area contributed by atoms with Gasteiger partial charge in [0.15, 0.2) is 6.10 Å². The van der Waals surface area contributed by atoms with Crippen LogP contribution in [0.1, 0.15) is 22.2 Å². The molecule has 0 spiro atoms. The monoisotopic (exact) mass is 325 g/mol. The lowest BCUT2D eigenvalue weighted by atomic mass is 10.1. The number of ether oxygens (including phenoxy) is 1. The normalized spacial score (nSPS) is 12.6. The highest BCUT2D eigenvalue weighted by Crippen LogP contribution is 2.20. The highest BCUT2D eigenvalue weighted by atomic mass is 32.1. The van der Waals surface area contributed by atoms with E-state index in [2.05, 4.69) is 4.98 Å². The molecule has 0 saturated heterocycles. The molecule has 4 nitrogen and oxygen atoms in total. The van der Waals surface area contributed by atoms with Crippen LogP contribution in [0.2, 0.25) is 0 Å². The summed E-state index contributed by atoms with van der Waals surface area (Å²) in [5.41, 5.74) is 1.41. The van der Waals surface area contributed by atoms with Gasteiger partial charge in [-0.3, -0.25) is 4.79 Å². The topological polar surface area (TPSA) is 59.2 Å². The largest absolute Gasteiger partial charge is 0.451 e. The molecule has 1 atom stereocenters. The number of esters is 1. The van der Waals surface area contributed by atoms with Gasteiger partial charge in [-0.1, -0.05) is 24.3 Å². The van der Waals surface area contributed by atoms with E-state index in [4.69, 9.17) is 4.74 Å². The second-order valence-electron chi connectivity index (χ2n) is 5.04. The van der Waals surface area contributed by atoms with Crippen LogP contribution in [0.5, 0.6) is 0 Å². The number of benzene rings is 1. The lowest BCUT2D eigenvalue weighted by Crippen LogP contribution is -2.23. The molecule has 3 rings (SSSR count). The molecule has 2 aromatic heterocycles. The van der Waals surface area contributed by atoms with E-state index >= 15 is 0 Å². The Kier molecular flexibility index (Phi) is 4.39. The standard InChI is InChI=1S/C18H15NO3S/c1-12(22-17(20)9-8-13-5-4-10-23-13)18(21)15-11-19-16-7-3-2-6-14(15)16/h2-12,19H,1H3/b9-8+/t12-/m1/s1. The Morgan fingerprint density at radius 3 is 2.83 bits per heavy atom. The van der Waals surface area contributed by atoms with E-state index in [9.17, 15) is 9.59 Å². The number of hydrogen-bond acceptors (Lipinski definition) is 4. The summed E-state index contributed by atoms with van der Waals surface area (Å²) in [6.45, 7) is 1.58. The van der Waals surface area contributed by atoms with Gasteiger partial charge in [0.25, 0.3) is 0 Å². The maximum atomic E-state index is 12.5. The molecular weight excluding hydrogens is 310 g/mol. The fourth-order valence-corrected chi connectivity index (χ4v) is 2.92. The number of nitrogens with one attached hydrogen (secondary N) is 1. The molecule has 0 aliphatic rings. The van der Waals surface area contributed by atoms with Crippen LogP contribution in [0.15, 0.2) is 54.1 Å². The number of Topliss-reactive ketones (excluding diaryl/α,β-unsaturated/α-hetero) is 1. The number of carbonyl (C=O) groups excluding carboxylic acids is 2. The third-order valence-corrected chi connectivity index (χ3v) is 4.28. The second-order valence-corrected chi connectivity index (χ2v) is 6.02. The zero-order valence-electron chi connectivity index (χ0n) is 12.5. The maximum absolute atomic E-state index is 12.5. The van der Waals surface area contributed by atoms with Gasteiger partial charge in [-0.05, 0) is 30.5 Å². The number of fused-ring (bicyclic) bond motifs is 1. The van der Waals surface area contributed by atoms with Gasteiger partial charge in [0.05, 0.1) is 0 Å². The minimum atomic E-state index is -0.838. The zero-order chi connectivity index (χ0) is 16.2. The molecule has 0 aliphatic carbocycles. The molecule has 1 aromatic carbocycles. The summed E-state index contributed by atoms with van der Waals surface area (Å²) in [5, 5.41) is 2.75. The molecule has 0 amide bonds. The lowest BCUT2D eigenvalue weighted by molar-refractivity contribution is -0.140. The van der Waals surface area contributed by atoms with E-state index in [0.717, 1.165) is 15.8 Å². The first-order valence-corrected chi connectivity index (χ1v) is 8.05. The van der Waals surface area contributed by atoms with Gasteiger partial charge < -0.3 is 9.72 Å². The average Bonchev–Trinajstić information content (AvgIpc) is 3.21. The molecule has 0 unspecified atom stereocenters. The summed E-state index contributed by atoms with van der Waals surface area (Å²) in [7, 11) is 0. The Labute approximate surface area is 137 Å². The van der Waals surface area contributed by atoms with Crippen LogP contribution in [0, 0.1) is 0 Å². The molecule has 3 aromatic rings. The molecule has 0 aliphatic heterocycles. The molecule has 0 bridgehead atoms. The van der Waals surface area contributed by atoms with Crippen LogP contribution < -0.4 is 0 Å². The highest BCUT2D eigenvalue weighted by Gasteiger charge is 2.21. The quantitative estimate of drug-likeness (QED) is 0.437. The first kappa shape index (κ1) is 15.2. The molecule has 23 heavy (non-hydrogen) atoms. The first-order valence-electron chi connectivity index (χ1n) is 7.17. The Hall–Kier alpha value is -2.66. The molecule has 0 radical (unpaired) electrons. The van der Waals surface area contributed by atoms with Crippen LogP contribution >= 0.6 is 11.3 Å². The van der Waals surface area contributed by atoms with Gasteiger partial charge in [-0.15, -0.1) is 11.3 Å². The molecule has 0 fully saturated rings. The number of para-hydroxylation sites is 1. The van der Waals surface area contributed by atoms with Crippen LogP contribution in [0.3, 0.4) is 0 Å². The van der Waals surface area contributed by atoms with Gasteiger partial charge >= 0.3 is 5.97 Å². The van der Waals surface area contributed by atoms with E-state index in [1.165, 1.54) is 17.4 Å². The van der Waals surface area contributed by atoms with Crippen molar-refractivity contribution in [2.75, 3.05) is 0 Å². The molecule has 1 N–H and O–H groups in total. The van der Waals surface area contributed by atoms with Crippen molar-refractivity contribution < 1.29 is 14.3 Å². The molecule has 2 heterocycles. The molecular formula is C18H15NO3S. The minimum Gasteiger partial charge on any atom is -0.451 e. The minimum absolute atomic E-state index is 0.222. The molecule has 116 valence electrons. The van der Waals surface area contributed by atoms with E-state index in [-0.39, 0.29) is 5.78 Å². The van der Waals surface area contributed by atoms with Gasteiger partial charge in [0.2, 0.25) is 5.78 Å². The van der Waals surface area contributed by atoms with Gasteiger partial charge in [0.1, 0.15) is 0 Å². The third kappa shape index (κ3) is 3.40. The fraction of sp³-hybridized carbons (Fsp3) is 0.111. The van der Waals surface area contributed by atoms with Crippen molar-refractivity contribution >= 4 is 40.1 Å². The number of ketones is 1. The molecule has 5 heteroatoms. The number of rotatable bonds is 5. The summed E-state index contributed by atoms with van der Waals surface area (Å²) in [4.78, 5) is 28.3. The van der Waals surface area contributed by atoms with E-state index in [0.29, 0.717) is 5.56 Å². The number of aromatic nitrogens is 1. The lowest BCUT2D eigenvalue weighted by Gasteiger charge is -2.10. The summed E-state index contributed by atoms with van der Waals surface area (Å²) in [6, 6.07) is 11.3. The van der Waals surface area contributed by atoms with Crippen LogP contribution in [-0.2, 0) is 9.53 Å². The van der Waals surface area contributed by atoms with Crippen LogP contribution in [0.25, 0.3) is 17.0 Å². The Morgan fingerprint density at radius 1 is 1.22 bits per heavy atom. The van der Waals surface area contributed by atoms with Crippen molar-refractivity contribution in [3.8, 4) is 0 Å². The third-order valence-electron chi connectivity index (χ3n) is 3.44. The van der Waals surface area contributed by atoms with Gasteiger partial charge in [0, 0.05) is 33.6 Å². The number of thiophene rings is 1. The van der Waals surface area contributed by atoms with E-state index in [1.807, 2.05) is 41.8 Å². The average molecular weight is 325 g/mol. The van der Waals surface area contributed by atoms with Crippen molar-refractivity contribution in [2.45, 2.75) is 13.0 Å². The predicted molar refractivity (Wildman–Crippen MR) is 91.5 cm³/mol. The number of hydrogen-bond donors (Lipinski definition) is 1. The highest BCUT2D eigenvalue weighted by molar-refractivity contribution is 7.10. The SMILES string of the molecule is C[C@@H](OC(=O)/C=C/c1cccs1)C(=O)c1c[nH]c2ccccc12. The number of carbonyl (C=O) groups is 2. The number of aromatic amines is 1. The predicted octanol–water partition coefficient (Wildman–Crippen LogP) is 4.06. The van der Waals surface area contributed by atoms with Gasteiger partial charge in [-0.2, -0.15) is 0 Å². The van der Waals surface area contributed by atoms with Crippen LogP contribution in [0.4, 0.5) is 0 Å². The Bertz CT molecular complexity index is 861. The van der Waals surface area contributed by atoms with Crippen molar-refractivity contribution in [2.24, 2.45) is 0 Å². The van der Waals surface area contributed by atoms with Crippen molar-refractivity contribution in [1.82, 2.24) is 4.98 Å². The molecule has 0 saturated carbocycles. The smallest absolute Gasteiger partial charge is 0.331 e. The maximum Gasteiger partial charge on any atom is 0.331 e. The number of H-pyrrole nitrogens is 1. The van der Waals surface area contributed by atoms with Crippen LogP contribution in [-0.4, -0.2) is 22.8 Å². The Morgan fingerprint density at radius 2 is 2.04 bits per heavy atom. The van der Waals surface area contributed by atoms with Gasteiger partial charge in [-0.25, -0.2) is 4.79 Å². The Balaban J connectivity index is 1.69. The van der Waals surface area contributed by atoms with Crippen molar-refractivity contribution in [3.05, 3.63) is 64.5 Å². The zero-order valence-corrected chi connectivity index (χ0v) is 13.3. The summed E-state index contributed by atoms with van der Waals surface area (Å²) in [5.74, 6) is -0.751. The van der Waals surface area contributed by atoms with E-state index in [1.54, 1.807) is 19.2 Å². The first-order chi connectivity index (χ1) is 11.1. The van der Waals surface area contributed by atoms with E-state index < -0.39 is 12.1 Å². The summed E-state index contributed by atoms with van der Waals surface area (Å²) in [6.07, 6.45) is 3.83. The fourth-order valence-electron chi connectivity index (χ4n) is 2.30.